The van der Waals surface area contributed by atoms with Gasteiger partial charge in [0.15, 0.2) is 5.78 Å². The van der Waals surface area contributed by atoms with E-state index in [-0.39, 0.29) is 5.78 Å². The number of hydrogen-bond donors (Lipinski definition) is 1. The molecule has 0 radical (unpaired) electrons. The van der Waals surface area contributed by atoms with Crippen LogP contribution in [0.5, 0.6) is 0 Å². The normalized spacial score (nSPS) is 10.4. The highest BCUT2D eigenvalue weighted by molar-refractivity contribution is 7.14. The van der Waals surface area contributed by atoms with Crippen LogP contribution in [-0.4, -0.2) is 32.6 Å². The minimum absolute atomic E-state index is 0.152. The molecule has 0 unspecified atom stereocenters. The molecule has 1 heterocycles. The average Bonchev–Trinajstić information content (AvgIpc) is 2.59. The first-order valence-electron chi connectivity index (χ1n) is 4.53. The Morgan fingerprint density at radius 2 is 2.36 bits per heavy atom. The minimum Gasteiger partial charge on any atom is -0.383 e. The molecule has 1 aromatic rings. The summed E-state index contributed by atoms with van der Waals surface area (Å²) in [5.41, 5.74) is 0. The van der Waals surface area contributed by atoms with E-state index in [1.54, 1.807) is 7.11 Å². The van der Waals surface area contributed by atoms with E-state index in [0.717, 1.165) is 4.88 Å². The van der Waals surface area contributed by atoms with E-state index in [4.69, 9.17) is 4.74 Å². The predicted octanol–water partition coefficient (Wildman–Crippen LogP) is 1.48. The van der Waals surface area contributed by atoms with Gasteiger partial charge in [-0.15, -0.1) is 11.3 Å². The van der Waals surface area contributed by atoms with Crippen molar-refractivity contribution in [3.63, 3.8) is 0 Å². The van der Waals surface area contributed by atoms with Crippen LogP contribution in [0.3, 0.4) is 0 Å². The summed E-state index contributed by atoms with van der Waals surface area (Å²) in [5.74, 6) is 0.152. The third-order valence-electron chi connectivity index (χ3n) is 1.78. The number of carbonyl (C=O) groups is 1. The molecular weight excluding hydrogens is 198 g/mol. The molecule has 1 rings (SSSR count). The maximum absolute atomic E-state index is 11.5. The Bertz CT molecular complexity index is 296. The van der Waals surface area contributed by atoms with Gasteiger partial charge < -0.3 is 10.1 Å². The molecular formula is C10H15NO2S. The molecule has 0 aromatic carbocycles. The molecule has 0 aliphatic heterocycles. The van der Waals surface area contributed by atoms with Gasteiger partial charge in [-0.1, -0.05) is 0 Å². The Kier molecular flexibility index (Phi) is 4.79. The lowest BCUT2D eigenvalue weighted by atomic mass is 10.3. The topological polar surface area (TPSA) is 38.3 Å². The fourth-order valence-electron chi connectivity index (χ4n) is 1.05. The van der Waals surface area contributed by atoms with Crippen LogP contribution in [0.2, 0.25) is 0 Å². The first-order valence-corrected chi connectivity index (χ1v) is 5.35. The van der Waals surface area contributed by atoms with Gasteiger partial charge in [-0.2, -0.15) is 0 Å². The molecule has 0 saturated heterocycles. The monoisotopic (exact) mass is 213 g/mol. The van der Waals surface area contributed by atoms with E-state index in [1.165, 1.54) is 16.2 Å². The average molecular weight is 213 g/mol. The molecule has 0 spiro atoms. The van der Waals surface area contributed by atoms with Gasteiger partial charge in [0.2, 0.25) is 0 Å². The first-order chi connectivity index (χ1) is 6.74. The predicted molar refractivity (Wildman–Crippen MR) is 58.1 cm³/mol. The molecule has 0 fully saturated rings. The zero-order valence-electron chi connectivity index (χ0n) is 8.50. The van der Waals surface area contributed by atoms with Gasteiger partial charge >= 0.3 is 0 Å². The van der Waals surface area contributed by atoms with Crippen LogP contribution in [0.4, 0.5) is 0 Å². The van der Waals surface area contributed by atoms with Gasteiger partial charge in [0.25, 0.3) is 0 Å². The standard InChI is InChI=1S/C10H15NO2S/c1-8-3-4-10(14-8)9(12)7-11-5-6-13-2/h3-4,11H,5-7H2,1-2H3. The van der Waals surface area contributed by atoms with E-state index in [9.17, 15) is 4.79 Å². The lowest BCUT2D eigenvalue weighted by Crippen LogP contribution is -2.25. The van der Waals surface area contributed by atoms with Crippen molar-refractivity contribution in [3.8, 4) is 0 Å². The zero-order chi connectivity index (χ0) is 10.4. The van der Waals surface area contributed by atoms with Crippen molar-refractivity contribution >= 4 is 17.1 Å². The molecule has 0 aliphatic carbocycles. The summed E-state index contributed by atoms with van der Waals surface area (Å²) in [6.45, 7) is 3.74. The van der Waals surface area contributed by atoms with Crippen molar-refractivity contribution in [1.82, 2.24) is 5.32 Å². The lowest BCUT2D eigenvalue weighted by Gasteiger charge is -2.01. The Morgan fingerprint density at radius 1 is 1.57 bits per heavy atom. The number of aryl methyl sites for hydroxylation is 1. The Morgan fingerprint density at radius 3 is 2.93 bits per heavy atom. The van der Waals surface area contributed by atoms with Crippen molar-refractivity contribution in [1.29, 1.82) is 0 Å². The number of thiophene rings is 1. The molecule has 1 N–H and O–H groups in total. The second-order valence-corrected chi connectivity index (χ2v) is 4.29. The van der Waals surface area contributed by atoms with Gasteiger partial charge in [0.1, 0.15) is 0 Å². The van der Waals surface area contributed by atoms with Crippen LogP contribution in [-0.2, 0) is 4.74 Å². The summed E-state index contributed by atoms with van der Waals surface area (Å²) >= 11 is 1.54. The van der Waals surface area contributed by atoms with Crippen LogP contribution < -0.4 is 5.32 Å². The molecule has 0 saturated carbocycles. The fourth-order valence-corrected chi connectivity index (χ4v) is 1.85. The molecule has 78 valence electrons. The summed E-state index contributed by atoms with van der Waals surface area (Å²) in [4.78, 5) is 13.5. The molecule has 4 heteroatoms. The van der Waals surface area contributed by atoms with E-state index in [1.807, 2.05) is 19.1 Å². The third-order valence-corrected chi connectivity index (χ3v) is 2.83. The fraction of sp³-hybridized carbons (Fsp3) is 0.500. The van der Waals surface area contributed by atoms with E-state index < -0.39 is 0 Å². The molecule has 1 aromatic heterocycles. The number of rotatable bonds is 6. The van der Waals surface area contributed by atoms with E-state index >= 15 is 0 Å². The van der Waals surface area contributed by atoms with Crippen molar-refractivity contribution in [2.24, 2.45) is 0 Å². The molecule has 3 nitrogen and oxygen atoms in total. The quantitative estimate of drug-likeness (QED) is 0.574. The molecule has 0 amide bonds. The second kappa shape index (κ2) is 5.90. The van der Waals surface area contributed by atoms with Gasteiger partial charge in [-0.3, -0.25) is 4.79 Å². The highest BCUT2D eigenvalue weighted by atomic mass is 32.1. The smallest absolute Gasteiger partial charge is 0.186 e. The largest absolute Gasteiger partial charge is 0.383 e. The molecule has 0 atom stereocenters. The number of ether oxygens (including phenoxy) is 1. The number of hydrogen-bond acceptors (Lipinski definition) is 4. The number of Topliss-reactive ketones (excluding diaryl/α,β-unsaturated/α-hetero) is 1. The van der Waals surface area contributed by atoms with Crippen LogP contribution in [0.25, 0.3) is 0 Å². The summed E-state index contributed by atoms with van der Waals surface area (Å²) in [6.07, 6.45) is 0. The van der Waals surface area contributed by atoms with Gasteiger partial charge in [-0.05, 0) is 19.1 Å². The molecule has 0 bridgehead atoms. The number of methoxy groups -OCH3 is 1. The maximum Gasteiger partial charge on any atom is 0.186 e. The van der Waals surface area contributed by atoms with Crippen molar-refractivity contribution < 1.29 is 9.53 Å². The highest BCUT2D eigenvalue weighted by Crippen LogP contribution is 2.14. The second-order valence-electron chi connectivity index (χ2n) is 3.00. The summed E-state index contributed by atoms with van der Waals surface area (Å²) in [5, 5.41) is 3.03. The number of nitrogens with one attached hydrogen (secondary N) is 1. The number of ketones is 1. The lowest BCUT2D eigenvalue weighted by molar-refractivity contribution is 0.0991. The zero-order valence-corrected chi connectivity index (χ0v) is 9.32. The van der Waals surface area contributed by atoms with Crippen LogP contribution in [0.1, 0.15) is 14.5 Å². The maximum atomic E-state index is 11.5. The van der Waals surface area contributed by atoms with Crippen molar-refractivity contribution in [3.05, 3.63) is 21.9 Å². The van der Waals surface area contributed by atoms with Gasteiger partial charge in [-0.25, -0.2) is 0 Å². The third kappa shape index (κ3) is 3.57. The summed E-state index contributed by atoms with van der Waals surface area (Å²) in [7, 11) is 1.64. The van der Waals surface area contributed by atoms with Gasteiger partial charge in [0, 0.05) is 18.5 Å². The molecule has 14 heavy (non-hydrogen) atoms. The Labute approximate surface area is 88.1 Å². The SMILES string of the molecule is COCCNCC(=O)c1ccc(C)s1. The van der Waals surface area contributed by atoms with E-state index in [2.05, 4.69) is 5.32 Å². The number of carbonyl (C=O) groups excluding carboxylic acids is 1. The van der Waals surface area contributed by atoms with Gasteiger partial charge in [0.05, 0.1) is 18.0 Å². The van der Waals surface area contributed by atoms with Crippen LogP contribution in [0, 0.1) is 6.92 Å². The summed E-state index contributed by atoms with van der Waals surface area (Å²) in [6, 6.07) is 3.84. The van der Waals surface area contributed by atoms with Crippen LogP contribution >= 0.6 is 11.3 Å². The minimum atomic E-state index is 0.152. The Balaban J connectivity index is 2.29. The Hall–Kier alpha value is -0.710. The molecule has 0 aliphatic rings. The first kappa shape index (κ1) is 11.4. The van der Waals surface area contributed by atoms with E-state index in [0.29, 0.717) is 19.7 Å². The van der Waals surface area contributed by atoms with Crippen molar-refractivity contribution in [2.45, 2.75) is 6.92 Å². The summed E-state index contributed by atoms with van der Waals surface area (Å²) < 4.78 is 4.86. The highest BCUT2D eigenvalue weighted by Gasteiger charge is 2.06. The van der Waals surface area contributed by atoms with Crippen LogP contribution in [0.15, 0.2) is 12.1 Å². The van der Waals surface area contributed by atoms with Crippen molar-refractivity contribution in [2.75, 3.05) is 26.8 Å².